The Morgan fingerprint density at radius 3 is 2.63 bits per heavy atom. The monoisotopic (exact) mass is 400 g/mol. The molecule has 30 heavy (non-hydrogen) atoms. The number of ether oxygens (including phenoxy) is 1. The average molecular weight is 400 g/mol. The first kappa shape index (κ1) is 18.7. The van der Waals surface area contributed by atoms with Crippen molar-refractivity contribution in [3.05, 3.63) is 95.1 Å². The van der Waals surface area contributed by atoms with Gasteiger partial charge in [-0.25, -0.2) is 4.79 Å². The third-order valence-corrected chi connectivity index (χ3v) is 6.01. The van der Waals surface area contributed by atoms with Crippen LogP contribution < -0.4 is 10.6 Å². The Bertz CT molecular complexity index is 1070. The smallest absolute Gasteiger partial charge is 0.339 e. The van der Waals surface area contributed by atoms with E-state index in [2.05, 4.69) is 47.0 Å². The zero-order valence-corrected chi connectivity index (χ0v) is 16.5. The van der Waals surface area contributed by atoms with Crippen LogP contribution in [0, 0.1) is 0 Å². The number of para-hydroxylation sites is 1. The summed E-state index contributed by atoms with van der Waals surface area (Å²) in [6.45, 7) is 1.61. The van der Waals surface area contributed by atoms with E-state index < -0.39 is 6.10 Å². The molecule has 3 unspecified atom stereocenters. The molecule has 2 aliphatic rings. The quantitative estimate of drug-likeness (QED) is 0.431. The molecule has 0 saturated carbocycles. The molecule has 5 rings (SSSR count). The molecule has 0 aromatic heterocycles. The molecule has 0 radical (unpaired) electrons. The lowest BCUT2D eigenvalue weighted by atomic mass is 9.85. The zero-order valence-electron chi connectivity index (χ0n) is 16.5. The molecule has 3 aromatic carbocycles. The molecule has 5 nitrogen and oxygen atoms in total. The van der Waals surface area contributed by atoms with Crippen LogP contribution in [0.15, 0.2) is 72.8 Å². The van der Waals surface area contributed by atoms with Crippen LogP contribution in [0.2, 0.25) is 0 Å². The van der Waals surface area contributed by atoms with Gasteiger partial charge in [-0.15, -0.1) is 0 Å². The third-order valence-electron chi connectivity index (χ3n) is 6.01. The molecule has 0 saturated heterocycles. The van der Waals surface area contributed by atoms with Crippen LogP contribution >= 0.6 is 0 Å². The summed E-state index contributed by atoms with van der Waals surface area (Å²) >= 11 is 0. The van der Waals surface area contributed by atoms with Gasteiger partial charge in [0, 0.05) is 29.8 Å². The number of fused-ring (bicyclic) bond motifs is 2. The number of phenols is 1. The molecular weight excluding hydrogens is 376 g/mol. The van der Waals surface area contributed by atoms with Crippen LogP contribution in [-0.2, 0) is 11.2 Å². The zero-order chi connectivity index (χ0) is 20.5. The van der Waals surface area contributed by atoms with Crippen molar-refractivity contribution in [2.75, 3.05) is 18.4 Å². The third kappa shape index (κ3) is 3.42. The molecule has 0 amide bonds. The van der Waals surface area contributed by atoms with E-state index in [4.69, 9.17) is 4.74 Å². The highest BCUT2D eigenvalue weighted by molar-refractivity contribution is 5.94. The Hall–Kier alpha value is -3.31. The number of hydrogen-bond donors (Lipinski definition) is 3. The fraction of sp³-hybridized carbons (Fsp3) is 0.240. The molecule has 3 atom stereocenters. The van der Waals surface area contributed by atoms with Crippen molar-refractivity contribution in [1.82, 2.24) is 5.32 Å². The van der Waals surface area contributed by atoms with E-state index in [9.17, 15) is 9.90 Å². The Morgan fingerprint density at radius 1 is 0.967 bits per heavy atom. The van der Waals surface area contributed by atoms with Gasteiger partial charge in [-0.05, 0) is 48.4 Å². The fourth-order valence-corrected chi connectivity index (χ4v) is 4.59. The van der Waals surface area contributed by atoms with Gasteiger partial charge in [-0.3, -0.25) is 0 Å². The van der Waals surface area contributed by atoms with E-state index in [0.29, 0.717) is 5.56 Å². The predicted octanol–water partition coefficient (Wildman–Crippen LogP) is 4.01. The van der Waals surface area contributed by atoms with Crippen molar-refractivity contribution in [1.29, 1.82) is 0 Å². The maximum atomic E-state index is 12.4. The first-order chi connectivity index (χ1) is 14.7. The summed E-state index contributed by atoms with van der Waals surface area (Å²) < 4.78 is 5.82. The van der Waals surface area contributed by atoms with Gasteiger partial charge in [-0.2, -0.15) is 0 Å². The van der Waals surface area contributed by atoms with E-state index in [1.807, 2.05) is 18.2 Å². The second-order valence-corrected chi connectivity index (χ2v) is 7.90. The number of carbonyl (C=O) groups excluding carboxylic acids is 1. The first-order valence-corrected chi connectivity index (χ1v) is 10.3. The number of rotatable bonds is 6. The normalized spacial score (nSPS) is 21.6. The van der Waals surface area contributed by atoms with Gasteiger partial charge < -0.3 is 20.5 Å². The number of cyclic esters (lactones) is 1. The minimum atomic E-state index is -0.420. The summed E-state index contributed by atoms with van der Waals surface area (Å²) in [5.41, 5.74) is 4.82. The van der Waals surface area contributed by atoms with Crippen molar-refractivity contribution in [3.8, 4) is 5.75 Å². The minimum Gasteiger partial charge on any atom is -0.508 e. The SMILES string of the molecule is O=C1OC(C2c3ccccc3NC2CNCCc2ccccc2)c2cc(O)ccc21. The Kier molecular flexibility index (Phi) is 4.89. The largest absolute Gasteiger partial charge is 0.508 e. The number of esters is 1. The lowest BCUT2D eigenvalue weighted by molar-refractivity contribution is 0.0314. The molecule has 0 aliphatic carbocycles. The number of hydrogen-bond acceptors (Lipinski definition) is 5. The van der Waals surface area contributed by atoms with Crippen LogP contribution in [0.3, 0.4) is 0 Å². The standard InChI is InChI=1S/C25H24N2O3/c28-17-10-11-18-20(14-17)24(30-25(18)29)23-19-8-4-5-9-21(19)27-22(23)15-26-13-12-16-6-2-1-3-7-16/h1-11,14,22-24,26-28H,12-13,15H2. The molecule has 0 bridgehead atoms. The van der Waals surface area contributed by atoms with Crippen LogP contribution in [0.5, 0.6) is 5.75 Å². The summed E-state index contributed by atoms with van der Waals surface area (Å²) in [5.74, 6) is -0.207. The fourth-order valence-electron chi connectivity index (χ4n) is 4.59. The van der Waals surface area contributed by atoms with Crippen molar-refractivity contribution in [2.45, 2.75) is 24.5 Å². The van der Waals surface area contributed by atoms with Crippen molar-refractivity contribution >= 4 is 11.7 Å². The van der Waals surface area contributed by atoms with Gasteiger partial charge in [0.05, 0.1) is 5.56 Å². The molecule has 0 fully saturated rings. The molecule has 5 heteroatoms. The maximum absolute atomic E-state index is 12.4. The Morgan fingerprint density at radius 2 is 1.77 bits per heavy atom. The van der Waals surface area contributed by atoms with E-state index >= 15 is 0 Å². The first-order valence-electron chi connectivity index (χ1n) is 10.3. The van der Waals surface area contributed by atoms with Gasteiger partial charge in [0.15, 0.2) is 0 Å². The molecule has 2 aliphatic heterocycles. The highest BCUT2D eigenvalue weighted by Gasteiger charge is 2.44. The van der Waals surface area contributed by atoms with E-state index in [1.54, 1.807) is 12.1 Å². The van der Waals surface area contributed by atoms with Crippen molar-refractivity contribution in [2.24, 2.45) is 0 Å². The van der Waals surface area contributed by atoms with Crippen LogP contribution in [-0.4, -0.2) is 30.2 Å². The summed E-state index contributed by atoms with van der Waals surface area (Å²) in [7, 11) is 0. The predicted molar refractivity (Wildman–Crippen MR) is 116 cm³/mol. The maximum Gasteiger partial charge on any atom is 0.339 e. The average Bonchev–Trinajstić information content (AvgIpc) is 3.28. The van der Waals surface area contributed by atoms with Gasteiger partial charge in [0.1, 0.15) is 11.9 Å². The highest BCUT2D eigenvalue weighted by Crippen LogP contribution is 2.49. The van der Waals surface area contributed by atoms with E-state index in [0.717, 1.165) is 36.3 Å². The van der Waals surface area contributed by atoms with Crippen molar-refractivity contribution in [3.63, 3.8) is 0 Å². The second-order valence-electron chi connectivity index (χ2n) is 7.90. The summed E-state index contributed by atoms with van der Waals surface area (Å²) in [6.07, 6.45) is 0.539. The lowest BCUT2D eigenvalue weighted by Gasteiger charge is -2.26. The van der Waals surface area contributed by atoms with E-state index in [-0.39, 0.29) is 23.7 Å². The van der Waals surface area contributed by atoms with Gasteiger partial charge in [0.2, 0.25) is 0 Å². The van der Waals surface area contributed by atoms with Gasteiger partial charge in [0.25, 0.3) is 0 Å². The molecular formula is C25H24N2O3. The topological polar surface area (TPSA) is 70.6 Å². The van der Waals surface area contributed by atoms with Crippen LogP contribution in [0.4, 0.5) is 5.69 Å². The molecule has 3 N–H and O–H groups in total. The number of anilines is 1. The van der Waals surface area contributed by atoms with E-state index in [1.165, 1.54) is 11.6 Å². The highest BCUT2D eigenvalue weighted by atomic mass is 16.5. The molecule has 152 valence electrons. The summed E-state index contributed by atoms with van der Waals surface area (Å²) in [5, 5.41) is 17.2. The number of aromatic hydroxyl groups is 1. The van der Waals surface area contributed by atoms with Crippen molar-refractivity contribution < 1.29 is 14.6 Å². The molecule has 0 spiro atoms. The van der Waals surface area contributed by atoms with Gasteiger partial charge >= 0.3 is 5.97 Å². The second kappa shape index (κ2) is 7.84. The molecule has 3 aromatic rings. The van der Waals surface area contributed by atoms with Crippen LogP contribution in [0.1, 0.15) is 39.1 Å². The summed E-state index contributed by atoms with van der Waals surface area (Å²) in [4.78, 5) is 12.4. The van der Waals surface area contributed by atoms with Gasteiger partial charge in [-0.1, -0.05) is 48.5 Å². The van der Waals surface area contributed by atoms with Crippen LogP contribution in [0.25, 0.3) is 0 Å². The number of carbonyl (C=O) groups is 1. The number of benzene rings is 3. The Balaban J connectivity index is 1.36. The number of phenolic OH excluding ortho intramolecular Hbond substituents is 1. The summed E-state index contributed by atoms with van der Waals surface area (Å²) in [6, 6.07) is 23.5. The lowest BCUT2D eigenvalue weighted by Crippen LogP contribution is -2.37. The minimum absolute atomic E-state index is 0.0302. The number of nitrogens with one attached hydrogen (secondary N) is 2. The molecule has 2 heterocycles. The Labute approximate surface area is 175 Å².